The summed E-state index contributed by atoms with van der Waals surface area (Å²) in [4.78, 5) is 13.1. The van der Waals surface area contributed by atoms with Gasteiger partial charge in [0.15, 0.2) is 5.82 Å². The first-order valence-corrected chi connectivity index (χ1v) is 10.2. The average Bonchev–Trinajstić information content (AvgIpc) is 3.37. The zero-order chi connectivity index (χ0) is 20.8. The van der Waals surface area contributed by atoms with Gasteiger partial charge in [0.05, 0.1) is 6.20 Å². The number of hydrogen-bond acceptors (Lipinski definition) is 5. The summed E-state index contributed by atoms with van der Waals surface area (Å²) in [6.07, 6.45) is 15.8. The zero-order valence-electron chi connectivity index (χ0n) is 17.5. The summed E-state index contributed by atoms with van der Waals surface area (Å²) in [5.74, 6) is 1.14. The fourth-order valence-electron chi connectivity index (χ4n) is 3.74. The number of aryl methyl sites for hydroxylation is 1. The van der Waals surface area contributed by atoms with Crippen LogP contribution in [0, 0.1) is 12.8 Å². The van der Waals surface area contributed by atoms with Crippen LogP contribution in [0.5, 0.6) is 0 Å². The van der Waals surface area contributed by atoms with E-state index in [1.165, 1.54) is 12.8 Å². The van der Waals surface area contributed by atoms with Gasteiger partial charge in [-0.05, 0) is 63.5 Å². The summed E-state index contributed by atoms with van der Waals surface area (Å²) in [5, 5.41) is 4.58. The number of hydrogen-bond donors (Lipinski definition) is 1. The molecule has 29 heavy (non-hydrogen) atoms. The first kappa shape index (κ1) is 20.7. The Bertz CT molecular complexity index is 942. The molecule has 0 amide bonds. The number of rotatable bonds is 7. The SMILES string of the molecule is C=Nc1c(-c2cncc(C)c2)cnn1/C=C(/C(C=NC(C)C)=CN)C1CCCC1. The molecule has 3 rings (SSSR count). The van der Waals surface area contributed by atoms with Crippen LogP contribution in [0.1, 0.15) is 45.1 Å². The van der Waals surface area contributed by atoms with Crippen LogP contribution < -0.4 is 5.73 Å². The quantitative estimate of drug-likeness (QED) is 0.537. The van der Waals surface area contributed by atoms with Gasteiger partial charge in [-0.15, -0.1) is 0 Å². The summed E-state index contributed by atoms with van der Waals surface area (Å²) in [7, 11) is 0. The predicted octanol–water partition coefficient (Wildman–Crippen LogP) is 4.94. The largest absolute Gasteiger partial charge is 0.404 e. The molecule has 6 nitrogen and oxygen atoms in total. The lowest BCUT2D eigenvalue weighted by molar-refractivity contribution is 0.653. The third-order valence-corrected chi connectivity index (χ3v) is 5.19. The highest BCUT2D eigenvalue weighted by molar-refractivity contribution is 5.87. The Morgan fingerprint density at radius 2 is 2.03 bits per heavy atom. The van der Waals surface area contributed by atoms with E-state index in [-0.39, 0.29) is 6.04 Å². The van der Waals surface area contributed by atoms with Crippen molar-refractivity contribution in [2.24, 2.45) is 21.6 Å². The fraction of sp³-hybridized carbons (Fsp3) is 0.391. The fourth-order valence-corrected chi connectivity index (χ4v) is 3.74. The van der Waals surface area contributed by atoms with Gasteiger partial charge in [-0.25, -0.2) is 9.67 Å². The third-order valence-electron chi connectivity index (χ3n) is 5.19. The minimum Gasteiger partial charge on any atom is -0.404 e. The molecule has 6 heteroatoms. The van der Waals surface area contributed by atoms with Gasteiger partial charge in [0.25, 0.3) is 0 Å². The van der Waals surface area contributed by atoms with Crippen molar-refractivity contribution in [3.63, 3.8) is 0 Å². The van der Waals surface area contributed by atoms with Gasteiger partial charge in [0, 0.05) is 53.8 Å². The molecular weight excluding hydrogens is 360 g/mol. The number of nitrogens with two attached hydrogens (primary N) is 1. The van der Waals surface area contributed by atoms with Gasteiger partial charge in [0.2, 0.25) is 0 Å². The second-order valence-corrected chi connectivity index (χ2v) is 7.80. The summed E-state index contributed by atoms with van der Waals surface area (Å²) in [5.41, 5.74) is 11.1. The molecule has 152 valence electrons. The lowest BCUT2D eigenvalue weighted by Crippen LogP contribution is -2.08. The second kappa shape index (κ2) is 9.45. The van der Waals surface area contributed by atoms with E-state index in [0.717, 1.165) is 40.7 Å². The van der Waals surface area contributed by atoms with Crippen molar-refractivity contribution in [3.8, 4) is 11.1 Å². The van der Waals surface area contributed by atoms with Crippen molar-refractivity contribution in [2.75, 3.05) is 0 Å². The average molecular weight is 391 g/mol. The van der Waals surface area contributed by atoms with Crippen LogP contribution in [-0.4, -0.2) is 33.7 Å². The molecule has 0 bridgehead atoms. The van der Waals surface area contributed by atoms with Crippen molar-refractivity contribution in [1.82, 2.24) is 14.8 Å². The highest BCUT2D eigenvalue weighted by atomic mass is 15.3. The Balaban J connectivity index is 2.07. The Kier molecular flexibility index (Phi) is 6.75. The van der Waals surface area contributed by atoms with Crippen LogP contribution in [0.25, 0.3) is 17.3 Å². The number of pyridine rings is 1. The number of aromatic nitrogens is 3. The molecule has 1 fully saturated rings. The standard InChI is InChI=1S/C23H30N6/c1-16(2)27-13-20(10-24)22(18-7-5-6-8-18)15-29-23(25-4)21(14-28-29)19-9-17(3)11-26-12-19/h9-16,18H,4-8,24H2,1-3H3/b20-10?,22-15+,27-13?. The van der Waals surface area contributed by atoms with E-state index in [9.17, 15) is 0 Å². The van der Waals surface area contributed by atoms with E-state index in [0.29, 0.717) is 11.7 Å². The lowest BCUT2D eigenvalue weighted by atomic mass is 9.92. The Morgan fingerprint density at radius 3 is 2.66 bits per heavy atom. The maximum Gasteiger partial charge on any atom is 0.162 e. The Morgan fingerprint density at radius 1 is 1.28 bits per heavy atom. The zero-order valence-corrected chi connectivity index (χ0v) is 17.5. The minimum atomic E-state index is 0.213. The molecule has 1 aliphatic carbocycles. The molecular formula is C23H30N6. The van der Waals surface area contributed by atoms with E-state index < -0.39 is 0 Å². The normalized spacial score (nSPS) is 16.3. The highest BCUT2D eigenvalue weighted by Gasteiger charge is 2.23. The van der Waals surface area contributed by atoms with Crippen LogP contribution in [-0.2, 0) is 0 Å². The number of aliphatic imine (C=N–C) groups is 2. The van der Waals surface area contributed by atoms with E-state index in [4.69, 9.17) is 5.73 Å². The Hall–Kier alpha value is -3.02. The summed E-state index contributed by atoms with van der Waals surface area (Å²) in [6, 6.07) is 2.29. The van der Waals surface area contributed by atoms with Gasteiger partial charge >= 0.3 is 0 Å². The summed E-state index contributed by atoms with van der Waals surface area (Å²) in [6.45, 7) is 9.90. The minimum absolute atomic E-state index is 0.213. The smallest absolute Gasteiger partial charge is 0.162 e. The second-order valence-electron chi connectivity index (χ2n) is 7.80. The van der Waals surface area contributed by atoms with Crippen molar-refractivity contribution in [1.29, 1.82) is 0 Å². The van der Waals surface area contributed by atoms with Gasteiger partial charge in [-0.2, -0.15) is 5.10 Å². The first-order valence-electron chi connectivity index (χ1n) is 10.2. The molecule has 0 radical (unpaired) electrons. The summed E-state index contributed by atoms with van der Waals surface area (Å²) < 4.78 is 1.80. The van der Waals surface area contributed by atoms with Crippen molar-refractivity contribution in [3.05, 3.63) is 47.6 Å². The molecule has 0 aromatic carbocycles. The van der Waals surface area contributed by atoms with Crippen LogP contribution in [0.4, 0.5) is 5.82 Å². The Labute approximate surface area is 173 Å². The van der Waals surface area contributed by atoms with E-state index in [2.05, 4.69) is 46.7 Å². The van der Waals surface area contributed by atoms with Crippen molar-refractivity contribution >= 4 is 24.9 Å². The predicted molar refractivity (Wildman–Crippen MR) is 122 cm³/mol. The molecule has 0 unspecified atom stereocenters. The van der Waals surface area contributed by atoms with E-state index >= 15 is 0 Å². The summed E-state index contributed by atoms with van der Waals surface area (Å²) >= 11 is 0. The molecule has 0 saturated heterocycles. The lowest BCUT2D eigenvalue weighted by Gasteiger charge is -2.16. The van der Waals surface area contributed by atoms with Gasteiger partial charge < -0.3 is 5.73 Å². The van der Waals surface area contributed by atoms with Crippen molar-refractivity contribution in [2.45, 2.75) is 52.5 Å². The molecule has 1 saturated carbocycles. The van der Waals surface area contributed by atoms with Crippen LogP contribution >= 0.6 is 0 Å². The molecule has 0 spiro atoms. The number of allylic oxidation sites excluding steroid dienone is 2. The molecule has 1 aliphatic rings. The molecule has 0 aliphatic heterocycles. The van der Waals surface area contributed by atoms with Gasteiger partial charge in [0.1, 0.15) is 0 Å². The number of nitrogens with zero attached hydrogens (tertiary/aromatic N) is 5. The van der Waals surface area contributed by atoms with Crippen molar-refractivity contribution < 1.29 is 0 Å². The maximum absolute atomic E-state index is 6.00. The molecule has 2 aromatic heterocycles. The van der Waals surface area contributed by atoms with Crippen LogP contribution in [0.3, 0.4) is 0 Å². The maximum atomic E-state index is 6.00. The van der Waals surface area contributed by atoms with Crippen LogP contribution in [0.2, 0.25) is 0 Å². The topological polar surface area (TPSA) is 81.5 Å². The molecule has 2 aromatic rings. The monoisotopic (exact) mass is 390 g/mol. The molecule has 0 atom stereocenters. The first-order chi connectivity index (χ1) is 14.0. The third kappa shape index (κ3) is 4.88. The van der Waals surface area contributed by atoms with Gasteiger partial charge in [-0.3, -0.25) is 9.98 Å². The van der Waals surface area contributed by atoms with Gasteiger partial charge in [-0.1, -0.05) is 12.8 Å². The van der Waals surface area contributed by atoms with Crippen LogP contribution in [0.15, 0.2) is 52.0 Å². The molecule has 2 N–H and O–H groups in total. The highest BCUT2D eigenvalue weighted by Crippen LogP contribution is 2.36. The van der Waals surface area contributed by atoms with E-state index in [1.807, 2.05) is 37.9 Å². The molecule has 2 heterocycles. The van der Waals surface area contributed by atoms with E-state index in [1.54, 1.807) is 10.9 Å².